The summed E-state index contributed by atoms with van der Waals surface area (Å²) in [5.74, 6) is -0.267. The third-order valence-corrected chi connectivity index (χ3v) is 3.74. The van der Waals surface area contributed by atoms with Gasteiger partial charge in [-0.15, -0.1) is 0 Å². The molecule has 0 saturated carbocycles. The number of benzene rings is 1. The molecule has 4 nitrogen and oxygen atoms in total. The summed E-state index contributed by atoms with van der Waals surface area (Å²) in [6.07, 6.45) is 0. The van der Waals surface area contributed by atoms with E-state index >= 15 is 0 Å². The summed E-state index contributed by atoms with van der Waals surface area (Å²) in [5, 5.41) is 8.61. The van der Waals surface area contributed by atoms with E-state index in [2.05, 4.69) is 0 Å². The van der Waals surface area contributed by atoms with Gasteiger partial charge >= 0.3 is 0 Å². The molecule has 0 fully saturated rings. The summed E-state index contributed by atoms with van der Waals surface area (Å²) in [6.45, 7) is 1.32. The zero-order valence-corrected chi connectivity index (χ0v) is 8.71. The Balaban J connectivity index is 3.25. The van der Waals surface area contributed by atoms with Crippen LogP contribution < -0.4 is 5.73 Å². The molecule has 3 N–H and O–H groups in total. The van der Waals surface area contributed by atoms with Crippen LogP contribution in [0.1, 0.15) is 5.56 Å². The van der Waals surface area contributed by atoms with Crippen LogP contribution in [0.2, 0.25) is 0 Å². The van der Waals surface area contributed by atoms with Crippen LogP contribution in [-0.4, -0.2) is 25.9 Å². The van der Waals surface area contributed by atoms with Gasteiger partial charge in [-0.2, -0.15) is 0 Å². The van der Waals surface area contributed by atoms with Crippen molar-refractivity contribution < 1.29 is 13.5 Å². The largest absolute Gasteiger partial charge is 0.399 e. The molecule has 78 valence electrons. The van der Waals surface area contributed by atoms with Crippen molar-refractivity contribution >= 4 is 15.5 Å². The second kappa shape index (κ2) is 3.98. The molecule has 0 radical (unpaired) electrons. The number of anilines is 1. The van der Waals surface area contributed by atoms with Crippen LogP contribution in [-0.2, 0) is 9.84 Å². The second-order valence-electron chi connectivity index (χ2n) is 3.07. The van der Waals surface area contributed by atoms with E-state index in [0.29, 0.717) is 11.3 Å². The molecule has 1 rings (SSSR count). The molecule has 0 saturated heterocycles. The van der Waals surface area contributed by atoms with Crippen molar-refractivity contribution in [1.29, 1.82) is 0 Å². The predicted molar refractivity (Wildman–Crippen MR) is 54.7 cm³/mol. The maximum Gasteiger partial charge on any atom is 0.180 e. The van der Waals surface area contributed by atoms with Crippen molar-refractivity contribution in [2.45, 2.75) is 11.8 Å². The Hall–Kier alpha value is -1.07. The van der Waals surface area contributed by atoms with Crippen LogP contribution in [0.15, 0.2) is 23.1 Å². The SMILES string of the molecule is Cc1ccc(N)cc1S(=O)(=O)CCO. The van der Waals surface area contributed by atoms with Gasteiger partial charge in [-0.05, 0) is 24.6 Å². The molecule has 0 aliphatic carbocycles. The number of rotatable bonds is 3. The summed E-state index contributed by atoms with van der Waals surface area (Å²) in [5.41, 5.74) is 6.55. The first-order chi connectivity index (χ1) is 6.47. The molecule has 0 atom stereocenters. The molecule has 0 aliphatic heterocycles. The van der Waals surface area contributed by atoms with Gasteiger partial charge in [0.2, 0.25) is 0 Å². The fourth-order valence-electron chi connectivity index (χ4n) is 1.18. The van der Waals surface area contributed by atoms with Crippen molar-refractivity contribution in [1.82, 2.24) is 0 Å². The third kappa shape index (κ3) is 2.24. The summed E-state index contributed by atoms with van der Waals surface area (Å²) < 4.78 is 23.2. The van der Waals surface area contributed by atoms with Crippen molar-refractivity contribution in [3.63, 3.8) is 0 Å². The van der Waals surface area contributed by atoms with Gasteiger partial charge in [-0.3, -0.25) is 0 Å². The molecule has 0 heterocycles. The monoisotopic (exact) mass is 215 g/mol. The van der Waals surface area contributed by atoms with Gasteiger partial charge in [0.1, 0.15) is 0 Å². The average Bonchev–Trinajstić information content (AvgIpc) is 2.09. The van der Waals surface area contributed by atoms with Gasteiger partial charge in [0, 0.05) is 5.69 Å². The van der Waals surface area contributed by atoms with Gasteiger partial charge in [-0.25, -0.2) is 8.42 Å². The van der Waals surface area contributed by atoms with Crippen LogP contribution in [0, 0.1) is 6.92 Å². The first kappa shape index (κ1) is 11.0. The fraction of sp³-hybridized carbons (Fsp3) is 0.333. The lowest BCUT2D eigenvalue weighted by atomic mass is 10.2. The first-order valence-electron chi connectivity index (χ1n) is 4.17. The van der Waals surface area contributed by atoms with E-state index in [1.54, 1.807) is 19.1 Å². The Morgan fingerprint density at radius 1 is 1.43 bits per heavy atom. The highest BCUT2D eigenvalue weighted by atomic mass is 32.2. The summed E-state index contributed by atoms with van der Waals surface area (Å²) in [6, 6.07) is 4.72. The normalized spacial score (nSPS) is 11.6. The summed E-state index contributed by atoms with van der Waals surface area (Å²) in [7, 11) is -3.39. The van der Waals surface area contributed by atoms with Gasteiger partial charge in [-0.1, -0.05) is 6.07 Å². The minimum atomic E-state index is -3.39. The number of hydrogen-bond acceptors (Lipinski definition) is 4. The predicted octanol–water partition coefficient (Wildman–Crippen LogP) is 0.343. The Labute approximate surface area is 83.3 Å². The average molecular weight is 215 g/mol. The van der Waals surface area contributed by atoms with Crippen molar-refractivity contribution in [2.75, 3.05) is 18.1 Å². The Kier molecular flexibility index (Phi) is 3.13. The number of aliphatic hydroxyl groups excluding tert-OH is 1. The molecular formula is C9H13NO3S. The van der Waals surface area contributed by atoms with Crippen LogP contribution in [0.3, 0.4) is 0 Å². The number of nitrogens with two attached hydrogens (primary N) is 1. The maximum atomic E-state index is 11.6. The number of nitrogen functional groups attached to an aromatic ring is 1. The summed E-state index contributed by atoms with van der Waals surface area (Å²) >= 11 is 0. The molecular weight excluding hydrogens is 202 g/mol. The van der Waals surface area contributed by atoms with E-state index in [-0.39, 0.29) is 17.3 Å². The lowest BCUT2D eigenvalue weighted by molar-refractivity contribution is 0.319. The van der Waals surface area contributed by atoms with Gasteiger partial charge < -0.3 is 10.8 Å². The molecule has 1 aromatic rings. The van der Waals surface area contributed by atoms with Crippen LogP contribution >= 0.6 is 0 Å². The molecule has 14 heavy (non-hydrogen) atoms. The molecule has 0 aliphatic rings. The van der Waals surface area contributed by atoms with Gasteiger partial charge in [0.15, 0.2) is 9.84 Å². The Bertz CT molecular complexity index is 426. The molecule has 5 heteroatoms. The standard InChI is InChI=1S/C9H13NO3S/c1-7-2-3-8(10)6-9(7)14(12,13)5-4-11/h2-3,6,11H,4-5,10H2,1H3. The van der Waals surface area contributed by atoms with Gasteiger partial charge in [0.05, 0.1) is 17.3 Å². The summed E-state index contributed by atoms with van der Waals surface area (Å²) in [4.78, 5) is 0.201. The van der Waals surface area contributed by atoms with E-state index in [4.69, 9.17) is 10.8 Å². The second-order valence-corrected chi connectivity index (χ2v) is 5.14. The van der Waals surface area contributed by atoms with E-state index in [9.17, 15) is 8.42 Å². The lowest BCUT2D eigenvalue weighted by Gasteiger charge is -2.06. The van der Waals surface area contributed by atoms with E-state index in [1.165, 1.54) is 6.07 Å². The highest BCUT2D eigenvalue weighted by molar-refractivity contribution is 7.91. The molecule has 0 aromatic heterocycles. The zero-order chi connectivity index (χ0) is 10.8. The number of aryl methyl sites for hydroxylation is 1. The number of sulfone groups is 1. The van der Waals surface area contributed by atoms with Crippen LogP contribution in [0.4, 0.5) is 5.69 Å². The molecule has 0 amide bonds. The maximum absolute atomic E-state index is 11.6. The smallest absolute Gasteiger partial charge is 0.180 e. The Morgan fingerprint density at radius 3 is 2.64 bits per heavy atom. The number of hydrogen-bond donors (Lipinski definition) is 2. The van der Waals surface area contributed by atoms with Crippen molar-refractivity contribution in [3.8, 4) is 0 Å². The Morgan fingerprint density at radius 2 is 2.07 bits per heavy atom. The van der Waals surface area contributed by atoms with Crippen LogP contribution in [0.25, 0.3) is 0 Å². The van der Waals surface area contributed by atoms with Gasteiger partial charge in [0.25, 0.3) is 0 Å². The van der Waals surface area contributed by atoms with E-state index < -0.39 is 9.84 Å². The highest BCUT2D eigenvalue weighted by Crippen LogP contribution is 2.19. The quantitative estimate of drug-likeness (QED) is 0.713. The fourth-order valence-corrected chi connectivity index (χ4v) is 2.52. The lowest BCUT2D eigenvalue weighted by Crippen LogP contribution is -2.11. The molecule has 0 spiro atoms. The molecule has 1 aromatic carbocycles. The topological polar surface area (TPSA) is 80.4 Å². The van der Waals surface area contributed by atoms with Crippen LogP contribution in [0.5, 0.6) is 0 Å². The van der Waals surface area contributed by atoms with E-state index in [1.807, 2.05) is 0 Å². The van der Waals surface area contributed by atoms with E-state index in [0.717, 1.165) is 0 Å². The minimum Gasteiger partial charge on any atom is -0.399 e. The van der Waals surface area contributed by atoms with Crippen molar-refractivity contribution in [3.05, 3.63) is 23.8 Å². The third-order valence-electron chi connectivity index (χ3n) is 1.91. The highest BCUT2D eigenvalue weighted by Gasteiger charge is 2.16. The number of aliphatic hydroxyl groups is 1. The molecule has 0 bridgehead atoms. The molecule has 0 unspecified atom stereocenters. The van der Waals surface area contributed by atoms with Crippen molar-refractivity contribution in [2.24, 2.45) is 0 Å². The minimum absolute atomic E-state index is 0.201. The zero-order valence-electron chi connectivity index (χ0n) is 7.90. The first-order valence-corrected chi connectivity index (χ1v) is 5.82.